The zero-order valence-electron chi connectivity index (χ0n) is 10.7. The molecule has 21 heavy (non-hydrogen) atoms. The lowest BCUT2D eigenvalue weighted by Crippen LogP contribution is -2.14. The van der Waals surface area contributed by atoms with Crippen LogP contribution < -0.4 is 4.72 Å². The van der Waals surface area contributed by atoms with Crippen molar-refractivity contribution in [3.63, 3.8) is 0 Å². The van der Waals surface area contributed by atoms with Crippen molar-refractivity contribution < 1.29 is 17.9 Å². The maximum absolute atomic E-state index is 13.3. The van der Waals surface area contributed by atoms with Crippen molar-refractivity contribution in [2.75, 3.05) is 4.72 Å². The van der Waals surface area contributed by atoms with E-state index in [-0.39, 0.29) is 10.6 Å². The van der Waals surface area contributed by atoms with Gasteiger partial charge in [0, 0.05) is 15.0 Å². The number of anilines is 1. The smallest absolute Gasteiger partial charge is 0.263 e. The lowest BCUT2D eigenvalue weighted by Gasteiger charge is -2.11. The van der Waals surface area contributed by atoms with Gasteiger partial charge in [0.2, 0.25) is 0 Å². The van der Waals surface area contributed by atoms with E-state index in [2.05, 4.69) is 36.6 Å². The number of phenols is 1. The van der Waals surface area contributed by atoms with Crippen LogP contribution in [0.15, 0.2) is 44.2 Å². The zero-order chi connectivity index (χ0) is 15.8. The van der Waals surface area contributed by atoms with Crippen molar-refractivity contribution in [1.82, 2.24) is 0 Å². The van der Waals surface area contributed by atoms with Crippen molar-refractivity contribution in [2.24, 2.45) is 0 Å². The number of nitrogens with one attached hydrogen (secondary N) is 1. The third-order valence-corrected chi connectivity index (χ3v) is 5.90. The van der Waals surface area contributed by atoms with Crippen molar-refractivity contribution in [3.05, 3.63) is 50.7 Å². The molecular weight excluding hydrogens is 429 g/mol. The molecule has 0 aliphatic heterocycles. The Hall–Kier alpha value is -1.12. The molecule has 0 unspecified atom stereocenters. The van der Waals surface area contributed by atoms with Gasteiger partial charge in [-0.2, -0.15) is 0 Å². The number of halogens is 3. The maximum atomic E-state index is 13.3. The Labute approximate surface area is 138 Å². The van der Waals surface area contributed by atoms with Crippen LogP contribution >= 0.6 is 31.9 Å². The zero-order valence-corrected chi connectivity index (χ0v) is 14.7. The van der Waals surface area contributed by atoms with E-state index in [1.54, 1.807) is 6.07 Å². The van der Waals surface area contributed by atoms with Crippen LogP contribution in [-0.4, -0.2) is 13.5 Å². The fourth-order valence-electron chi connectivity index (χ4n) is 1.61. The first-order valence-electron chi connectivity index (χ1n) is 5.67. The Morgan fingerprint density at radius 1 is 1.14 bits per heavy atom. The highest BCUT2D eigenvalue weighted by atomic mass is 79.9. The Bertz CT molecular complexity index is 809. The van der Waals surface area contributed by atoms with Crippen molar-refractivity contribution >= 4 is 47.6 Å². The van der Waals surface area contributed by atoms with Gasteiger partial charge in [0.1, 0.15) is 4.90 Å². The van der Waals surface area contributed by atoms with Crippen LogP contribution in [0.1, 0.15) is 5.56 Å². The monoisotopic (exact) mass is 437 g/mol. The Morgan fingerprint density at radius 2 is 1.81 bits per heavy atom. The third kappa shape index (κ3) is 3.56. The molecular formula is C13H10Br2FNO3S. The molecule has 0 aliphatic carbocycles. The van der Waals surface area contributed by atoms with E-state index in [9.17, 15) is 12.8 Å². The van der Waals surface area contributed by atoms with E-state index in [1.807, 2.05) is 6.92 Å². The third-order valence-electron chi connectivity index (χ3n) is 2.70. The Kier molecular flexibility index (Phi) is 4.60. The highest BCUT2D eigenvalue weighted by Crippen LogP contribution is 2.30. The fraction of sp³-hybridized carbons (Fsp3) is 0.0769. The molecule has 0 saturated heterocycles. The molecule has 2 N–H and O–H groups in total. The van der Waals surface area contributed by atoms with E-state index in [0.717, 1.165) is 17.7 Å². The van der Waals surface area contributed by atoms with Gasteiger partial charge in [0.25, 0.3) is 10.0 Å². The number of rotatable bonds is 3. The Balaban J connectivity index is 2.43. The largest absolute Gasteiger partial charge is 0.505 e. The predicted molar refractivity (Wildman–Crippen MR) is 85.5 cm³/mol. The first-order valence-corrected chi connectivity index (χ1v) is 8.74. The average Bonchev–Trinajstić information content (AvgIpc) is 2.37. The highest BCUT2D eigenvalue weighted by Gasteiger charge is 2.19. The number of benzene rings is 2. The average molecular weight is 439 g/mol. The predicted octanol–water partition coefficient (Wildman–Crippen LogP) is 4.17. The number of hydrogen-bond acceptors (Lipinski definition) is 3. The van der Waals surface area contributed by atoms with Crippen LogP contribution in [0.25, 0.3) is 0 Å². The van der Waals surface area contributed by atoms with Gasteiger partial charge in [-0.15, -0.1) is 0 Å². The first kappa shape index (κ1) is 16.3. The van der Waals surface area contributed by atoms with Crippen LogP contribution in [-0.2, 0) is 10.0 Å². The molecule has 0 bridgehead atoms. The molecule has 0 aliphatic rings. The van der Waals surface area contributed by atoms with Crippen LogP contribution in [0.2, 0.25) is 0 Å². The second-order valence-corrected chi connectivity index (χ2v) is 7.66. The molecule has 2 aromatic rings. The van der Waals surface area contributed by atoms with Gasteiger partial charge >= 0.3 is 0 Å². The number of hydrogen-bond donors (Lipinski definition) is 2. The summed E-state index contributed by atoms with van der Waals surface area (Å²) >= 11 is 6.48. The molecule has 0 amide bonds. The molecule has 0 radical (unpaired) electrons. The second-order valence-electron chi connectivity index (χ2n) is 4.30. The molecule has 112 valence electrons. The van der Waals surface area contributed by atoms with Gasteiger partial charge in [0.15, 0.2) is 11.6 Å². The van der Waals surface area contributed by atoms with Crippen LogP contribution in [0.4, 0.5) is 10.1 Å². The minimum atomic E-state index is -3.89. The number of sulfonamides is 1. The van der Waals surface area contributed by atoms with E-state index >= 15 is 0 Å². The van der Waals surface area contributed by atoms with Crippen LogP contribution in [0.5, 0.6) is 5.75 Å². The van der Waals surface area contributed by atoms with Crippen molar-refractivity contribution in [3.8, 4) is 5.75 Å². The maximum Gasteiger partial charge on any atom is 0.263 e. The SMILES string of the molecule is Cc1cc(Br)c(S(=O)(=O)Nc2ccc(O)c(F)c2)cc1Br. The van der Waals surface area contributed by atoms with Crippen molar-refractivity contribution in [2.45, 2.75) is 11.8 Å². The van der Waals surface area contributed by atoms with E-state index < -0.39 is 21.6 Å². The summed E-state index contributed by atoms with van der Waals surface area (Å²) in [6.07, 6.45) is 0. The summed E-state index contributed by atoms with van der Waals surface area (Å²) in [7, 11) is -3.89. The lowest BCUT2D eigenvalue weighted by molar-refractivity contribution is 0.432. The molecule has 0 saturated carbocycles. The molecule has 4 nitrogen and oxygen atoms in total. The lowest BCUT2D eigenvalue weighted by atomic mass is 10.2. The van der Waals surface area contributed by atoms with Gasteiger partial charge in [-0.25, -0.2) is 12.8 Å². The topological polar surface area (TPSA) is 66.4 Å². The summed E-state index contributed by atoms with van der Waals surface area (Å²) < 4.78 is 41.2. The summed E-state index contributed by atoms with van der Waals surface area (Å²) in [6.45, 7) is 1.83. The fourth-order valence-corrected chi connectivity index (χ4v) is 4.34. The van der Waals surface area contributed by atoms with Gasteiger partial charge in [-0.3, -0.25) is 4.72 Å². The van der Waals surface area contributed by atoms with E-state index in [4.69, 9.17) is 5.11 Å². The van der Waals surface area contributed by atoms with Crippen molar-refractivity contribution in [1.29, 1.82) is 0 Å². The summed E-state index contributed by atoms with van der Waals surface area (Å²) in [5.41, 5.74) is 0.894. The molecule has 0 fully saturated rings. The standard InChI is InChI=1S/C13H10Br2FNO3S/c1-7-4-10(15)13(6-9(7)14)21(19,20)17-8-2-3-12(18)11(16)5-8/h2-6,17-18H,1H3. The van der Waals surface area contributed by atoms with Gasteiger partial charge < -0.3 is 5.11 Å². The van der Waals surface area contributed by atoms with E-state index in [1.165, 1.54) is 12.1 Å². The summed E-state index contributed by atoms with van der Waals surface area (Å²) in [6, 6.07) is 6.37. The molecule has 8 heteroatoms. The number of aryl methyl sites for hydroxylation is 1. The van der Waals surface area contributed by atoms with Gasteiger partial charge in [0.05, 0.1) is 5.69 Å². The minimum absolute atomic E-state index is 0.0217. The molecule has 2 rings (SSSR count). The second kappa shape index (κ2) is 5.94. The minimum Gasteiger partial charge on any atom is -0.505 e. The molecule has 2 aromatic carbocycles. The molecule has 0 heterocycles. The first-order chi connectivity index (χ1) is 9.70. The van der Waals surface area contributed by atoms with Gasteiger partial charge in [-0.05, 0) is 52.7 Å². The van der Waals surface area contributed by atoms with E-state index in [0.29, 0.717) is 8.95 Å². The quantitative estimate of drug-likeness (QED) is 0.707. The van der Waals surface area contributed by atoms with Crippen LogP contribution in [0.3, 0.4) is 0 Å². The Morgan fingerprint density at radius 3 is 2.43 bits per heavy atom. The summed E-state index contributed by atoms with van der Waals surface area (Å²) in [5.74, 6) is -1.45. The summed E-state index contributed by atoms with van der Waals surface area (Å²) in [4.78, 5) is 0.0217. The molecule has 0 aromatic heterocycles. The molecule has 0 atom stereocenters. The normalized spacial score (nSPS) is 11.4. The summed E-state index contributed by atoms with van der Waals surface area (Å²) in [5, 5.41) is 9.10. The van der Waals surface area contributed by atoms with Gasteiger partial charge in [-0.1, -0.05) is 15.9 Å². The molecule has 0 spiro atoms. The highest BCUT2D eigenvalue weighted by molar-refractivity contribution is 9.11. The van der Waals surface area contributed by atoms with Crippen LogP contribution in [0, 0.1) is 12.7 Å². The number of aromatic hydroxyl groups is 1. The number of phenolic OH excluding ortho intramolecular Hbond substituents is 1.